The van der Waals surface area contributed by atoms with E-state index >= 15 is 0 Å². The van der Waals surface area contributed by atoms with Crippen LogP contribution in [0.5, 0.6) is 0 Å². The van der Waals surface area contributed by atoms with Gasteiger partial charge in [-0.3, -0.25) is 0 Å². The molecule has 7 N–H and O–H groups in total. The minimum Gasteiger partial charge on any atom is -1.00 e. The van der Waals surface area contributed by atoms with Crippen LogP contribution in [0.1, 0.15) is 2.85 Å². The molecule has 0 spiro atoms. The zero-order valence-electron chi connectivity index (χ0n) is 8.32. The molecule has 0 aliphatic rings. The van der Waals surface area contributed by atoms with Gasteiger partial charge in [0.1, 0.15) is 9.05 Å². The van der Waals surface area contributed by atoms with Gasteiger partial charge in [0.05, 0.1) is 0 Å². The Balaban J connectivity index is -0.0000000128. The third-order valence-electron chi connectivity index (χ3n) is 0. The molecule has 0 bridgehead atoms. The van der Waals surface area contributed by atoms with Crippen molar-refractivity contribution in [1.29, 1.82) is 0 Å². The van der Waals surface area contributed by atoms with Crippen molar-refractivity contribution in [2.75, 3.05) is 0 Å². The smallest absolute Gasteiger partial charge is 1.00 e. The van der Waals surface area contributed by atoms with Gasteiger partial charge in [-0.25, -0.2) is 4.57 Å². The number of hydrogen-bond acceptors (Lipinski definition) is 5. The summed E-state index contributed by atoms with van der Waals surface area (Å²) >= 11 is 0. The van der Waals surface area contributed by atoms with Gasteiger partial charge >= 0.3 is 68.6 Å². The fraction of sp³-hybridized carbons (Fsp3) is 0. The van der Waals surface area contributed by atoms with Gasteiger partial charge in [0.15, 0.2) is 0 Å². The molecule has 0 saturated carbocycles. The van der Waals surface area contributed by atoms with Crippen molar-refractivity contribution >= 4 is 77.7 Å². The van der Waals surface area contributed by atoms with E-state index in [0.717, 1.165) is 0 Å². The molecule has 0 atom stereocenters. The molecule has 0 aromatic heterocycles. The molecule has 0 aliphatic carbocycles. The average Bonchev–Trinajstić information content (AvgIpc) is 1.12. The third-order valence-corrected chi connectivity index (χ3v) is 0. The SMILES string of the molecule is O.O=P(O)(O)O.[Ca+2].[H-].[H-].[Mg+2].[O-][Si]([O-])(O)O. The fourth-order valence-electron chi connectivity index (χ4n) is 0. The van der Waals surface area contributed by atoms with Gasteiger partial charge in [-0.05, 0) is 0 Å². The molecule has 0 aliphatic heterocycles. The summed E-state index contributed by atoms with van der Waals surface area (Å²) in [5.74, 6) is 0. The maximum Gasteiger partial charge on any atom is 2.00 e. The van der Waals surface area contributed by atoms with E-state index < -0.39 is 16.9 Å². The van der Waals surface area contributed by atoms with Crippen LogP contribution in [0.15, 0.2) is 0 Å². The van der Waals surface area contributed by atoms with Gasteiger partial charge in [-0.15, -0.1) is 0 Å². The van der Waals surface area contributed by atoms with Gasteiger partial charge in [0, 0.05) is 0 Å². The van der Waals surface area contributed by atoms with E-state index in [2.05, 4.69) is 0 Å². The van der Waals surface area contributed by atoms with E-state index in [1.165, 1.54) is 0 Å². The van der Waals surface area contributed by atoms with Crippen LogP contribution < -0.4 is 9.59 Å². The molecule has 0 heterocycles. The molecule has 0 saturated heterocycles. The van der Waals surface area contributed by atoms with Crippen molar-refractivity contribution in [2.45, 2.75) is 0 Å². The normalized spacial score (nSPS) is 9.15. The van der Waals surface area contributed by atoms with Gasteiger partial charge in [0.2, 0.25) is 0 Å². The van der Waals surface area contributed by atoms with Crippen LogP contribution in [-0.4, -0.2) is 99.6 Å². The van der Waals surface area contributed by atoms with E-state index in [4.69, 9.17) is 38.4 Å². The fourth-order valence-corrected chi connectivity index (χ4v) is 0. The molecule has 0 aromatic carbocycles. The zero-order valence-corrected chi connectivity index (χ0v) is 11.8. The summed E-state index contributed by atoms with van der Waals surface area (Å²) < 4.78 is 8.88. The van der Waals surface area contributed by atoms with Crippen LogP contribution in [0, 0.1) is 0 Å². The van der Waals surface area contributed by atoms with Crippen molar-refractivity contribution in [3.05, 3.63) is 0 Å². The van der Waals surface area contributed by atoms with Crippen LogP contribution in [0.2, 0.25) is 0 Å². The van der Waals surface area contributed by atoms with E-state index in [0.29, 0.717) is 0 Å². The standard InChI is InChI=1S/Ca.Mg.H3O4P.H2O4Si.H2O.2H/c;;2*1-5(2,3)4;;;/h;;(H3,1,2,3,4);1-2H;1H2;;/q2*+2;;-2;;2*-1. The Kier molecular flexibility index (Phi) is 27.7. The second-order valence-electron chi connectivity index (χ2n) is 1.06. The van der Waals surface area contributed by atoms with Gasteiger partial charge < -0.3 is 42.2 Å². The predicted molar refractivity (Wildman–Crippen MR) is 41.8 cm³/mol. The second kappa shape index (κ2) is 12.2. The van der Waals surface area contributed by atoms with Gasteiger partial charge in [0.25, 0.3) is 0 Å². The molecule has 76 valence electrons. The summed E-state index contributed by atoms with van der Waals surface area (Å²) in [6, 6.07) is 0. The Hall–Kier alpha value is 2.15. The topological polar surface area (TPSA) is 196 Å². The van der Waals surface area contributed by atoms with Crippen molar-refractivity contribution < 1.29 is 46.8 Å². The molecule has 0 rings (SSSR count). The minimum absolute atomic E-state index is 0. The van der Waals surface area contributed by atoms with E-state index in [1.54, 1.807) is 0 Å². The van der Waals surface area contributed by atoms with Crippen molar-refractivity contribution in [3.8, 4) is 0 Å². The first-order chi connectivity index (χ1) is 4.00. The first kappa shape index (κ1) is 29.4. The molecule has 0 amide bonds. The predicted octanol–water partition coefficient (Wildman–Crippen LogP) is -6.16. The molecular weight excluding hydrogens is 267 g/mol. The number of rotatable bonds is 0. The first-order valence-electron chi connectivity index (χ1n) is 1.64. The van der Waals surface area contributed by atoms with Crippen LogP contribution in [0.4, 0.5) is 0 Å². The Labute approximate surface area is 123 Å². The van der Waals surface area contributed by atoms with Crippen LogP contribution in [0.25, 0.3) is 0 Å². The van der Waals surface area contributed by atoms with Gasteiger partial charge in [-0.1, -0.05) is 0 Å². The Bertz CT molecular complexity index is 120. The molecule has 0 radical (unpaired) electrons. The number of hydrogen-bond donors (Lipinski definition) is 5. The molecule has 0 aromatic rings. The second-order valence-corrected chi connectivity index (χ2v) is 3.19. The largest absolute Gasteiger partial charge is 2.00 e. The summed E-state index contributed by atoms with van der Waals surface area (Å²) in [7, 11) is -9.75. The molecule has 13 heteroatoms. The van der Waals surface area contributed by atoms with E-state index in [-0.39, 0.29) is 69.1 Å². The van der Waals surface area contributed by atoms with E-state index in [9.17, 15) is 0 Å². The maximum absolute atomic E-state index is 8.88. The van der Waals surface area contributed by atoms with Gasteiger partial charge in [-0.2, -0.15) is 0 Å². The van der Waals surface area contributed by atoms with E-state index in [1.807, 2.05) is 0 Å². The van der Waals surface area contributed by atoms with Crippen LogP contribution >= 0.6 is 7.82 Å². The maximum atomic E-state index is 8.88. The summed E-state index contributed by atoms with van der Waals surface area (Å²) in [5, 5.41) is 0. The molecule has 9 nitrogen and oxygen atoms in total. The Morgan fingerprint density at radius 1 is 1.15 bits per heavy atom. The summed E-state index contributed by atoms with van der Waals surface area (Å²) in [5.41, 5.74) is 0. The third kappa shape index (κ3) is 451. The monoisotopic (exact) mass is 276 g/mol. The summed E-state index contributed by atoms with van der Waals surface area (Å²) in [6.45, 7) is 0. The van der Waals surface area contributed by atoms with Crippen molar-refractivity contribution in [2.24, 2.45) is 0 Å². The molecule has 0 fully saturated rings. The Morgan fingerprint density at radius 2 is 1.15 bits per heavy atom. The minimum atomic E-state index is -5.11. The van der Waals surface area contributed by atoms with Crippen LogP contribution in [-0.2, 0) is 4.57 Å². The molecule has 0 unspecified atom stereocenters. The average molecular weight is 277 g/mol. The quantitative estimate of drug-likeness (QED) is 0.213. The van der Waals surface area contributed by atoms with Crippen LogP contribution in [0.3, 0.4) is 0 Å². The number of phosphoric acid groups is 1. The first-order valence-corrected chi connectivity index (χ1v) is 4.91. The van der Waals surface area contributed by atoms with Crippen molar-refractivity contribution in [3.63, 3.8) is 0 Å². The summed E-state index contributed by atoms with van der Waals surface area (Å²) in [6.07, 6.45) is 0. The zero-order chi connectivity index (χ0) is 9.00. The molecular formula is H9CaMgO9PSi. The van der Waals surface area contributed by atoms with Crippen molar-refractivity contribution in [1.82, 2.24) is 0 Å². The summed E-state index contributed by atoms with van der Waals surface area (Å²) in [4.78, 5) is 53.4. The Morgan fingerprint density at radius 3 is 1.15 bits per heavy atom. The molecule has 13 heavy (non-hydrogen) atoms.